The molecule has 0 aromatic heterocycles. The number of benzene rings is 2. The van der Waals surface area contributed by atoms with Crippen molar-refractivity contribution in [2.24, 2.45) is 0 Å². The summed E-state index contributed by atoms with van der Waals surface area (Å²) >= 11 is 0. The molecule has 0 fully saturated rings. The van der Waals surface area contributed by atoms with Crippen LogP contribution in [0.5, 0.6) is 0 Å². The van der Waals surface area contributed by atoms with E-state index in [1.54, 1.807) is 36.4 Å². The van der Waals surface area contributed by atoms with E-state index < -0.39 is 16.1 Å². The fraction of sp³-hybridized carbons (Fsp3) is 0.167. The zero-order chi connectivity index (χ0) is 16.0. The van der Waals surface area contributed by atoms with Gasteiger partial charge >= 0.3 is 0 Å². The Balaban J connectivity index is 2.28. The minimum atomic E-state index is -3.58. The Hall–Kier alpha value is -2.13. The maximum Gasteiger partial charge on any atom is 0.241 e. The third kappa shape index (κ3) is 3.95. The summed E-state index contributed by atoms with van der Waals surface area (Å²) < 4.78 is 27.7. The van der Waals surface area contributed by atoms with Crippen LogP contribution in [-0.4, -0.2) is 14.5 Å². The van der Waals surface area contributed by atoms with Crippen molar-refractivity contribution in [3.05, 3.63) is 84.6 Å². The van der Waals surface area contributed by atoms with Crippen LogP contribution < -0.4 is 4.72 Å². The minimum absolute atomic E-state index is 0.0334. The van der Waals surface area contributed by atoms with Gasteiger partial charge < -0.3 is 0 Å². The summed E-state index contributed by atoms with van der Waals surface area (Å²) in [6.07, 6.45) is 1.65. The molecule has 114 valence electrons. The van der Waals surface area contributed by atoms with Crippen LogP contribution in [0, 0.1) is 0 Å². The van der Waals surface area contributed by atoms with E-state index in [0.717, 1.165) is 5.56 Å². The van der Waals surface area contributed by atoms with Gasteiger partial charge in [-0.3, -0.25) is 0 Å². The molecular formula is C18H19NO2S. The molecule has 2 unspecified atom stereocenters. The van der Waals surface area contributed by atoms with Crippen molar-refractivity contribution in [2.45, 2.75) is 23.8 Å². The number of hydrogen-bond donors (Lipinski definition) is 1. The predicted molar refractivity (Wildman–Crippen MR) is 89.1 cm³/mol. The lowest BCUT2D eigenvalue weighted by Gasteiger charge is -2.22. The summed E-state index contributed by atoms with van der Waals surface area (Å²) in [5, 5.41) is 0. The Morgan fingerprint density at radius 1 is 1.05 bits per heavy atom. The molecule has 0 amide bonds. The zero-order valence-corrected chi connectivity index (χ0v) is 13.3. The molecule has 0 spiro atoms. The van der Waals surface area contributed by atoms with Crippen LogP contribution in [0.2, 0.25) is 0 Å². The Kier molecular flexibility index (Phi) is 5.34. The van der Waals surface area contributed by atoms with Gasteiger partial charge in [-0.1, -0.05) is 62.0 Å². The van der Waals surface area contributed by atoms with Crippen molar-refractivity contribution in [1.82, 2.24) is 4.72 Å². The van der Waals surface area contributed by atoms with Gasteiger partial charge in [0.15, 0.2) is 0 Å². The molecule has 2 aromatic carbocycles. The molecular weight excluding hydrogens is 294 g/mol. The van der Waals surface area contributed by atoms with E-state index >= 15 is 0 Å². The molecule has 0 radical (unpaired) electrons. The Morgan fingerprint density at radius 3 is 2.14 bits per heavy atom. The van der Waals surface area contributed by atoms with Gasteiger partial charge in [-0.2, -0.15) is 0 Å². The zero-order valence-electron chi connectivity index (χ0n) is 12.4. The lowest BCUT2D eigenvalue weighted by molar-refractivity contribution is 0.549. The van der Waals surface area contributed by atoms with Crippen molar-refractivity contribution in [3.63, 3.8) is 0 Å². The van der Waals surface area contributed by atoms with E-state index in [-0.39, 0.29) is 10.8 Å². The molecule has 1 N–H and O–H groups in total. The highest BCUT2D eigenvalue weighted by atomic mass is 32.2. The summed E-state index contributed by atoms with van der Waals surface area (Å²) in [5.74, 6) is -0.0334. The van der Waals surface area contributed by atoms with E-state index in [4.69, 9.17) is 0 Å². The van der Waals surface area contributed by atoms with E-state index in [1.807, 2.05) is 37.3 Å². The molecule has 0 aliphatic rings. The summed E-state index contributed by atoms with van der Waals surface area (Å²) in [6, 6.07) is 17.7. The Labute approximate surface area is 132 Å². The Bertz CT molecular complexity index is 748. The van der Waals surface area contributed by atoms with Crippen LogP contribution in [0.4, 0.5) is 0 Å². The highest BCUT2D eigenvalue weighted by molar-refractivity contribution is 7.89. The van der Waals surface area contributed by atoms with E-state index in [1.165, 1.54) is 0 Å². The number of sulfonamides is 1. The average molecular weight is 313 g/mol. The quantitative estimate of drug-likeness (QED) is 0.830. The summed E-state index contributed by atoms with van der Waals surface area (Å²) in [5.41, 5.74) is 3.74. The van der Waals surface area contributed by atoms with E-state index in [2.05, 4.69) is 17.0 Å². The summed E-state index contributed by atoms with van der Waals surface area (Å²) in [6.45, 7) is 5.54. The average Bonchev–Trinajstić information content (AvgIpc) is 2.55. The van der Waals surface area contributed by atoms with Gasteiger partial charge in [-0.25, -0.2) is 13.1 Å². The van der Waals surface area contributed by atoms with Crippen molar-refractivity contribution in [2.75, 3.05) is 0 Å². The van der Waals surface area contributed by atoms with Crippen molar-refractivity contribution < 1.29 is 8.42 Å². The monoisotopic (exact) mass is 313 g/mol. The highest BCUT2D eigenvalue weighted by Crippen LogP contribution is 2.21. The topological polar surface area (TPSA) is 46.2 Å². The fourth-order valence-electron chi connectivity index (χ4n) is 2.22. The van der Waals surface area contributed by atoms with Crippen LogP contribution in [0.3, 0.4) is 0 Å². The normalized spacial score (nSPS) is 13.9. The van der Waals surface area contributed by atoms with Gasteiger partial charge in [0.1, 0.15) is 0 Å². The number of nitrogens with one attached hydrogen (secondary N) is 1. The SMILES string of the molecule is C=C=CC(NS(=O)(=O)c1ccccc1)C(C)c1ccccc1. The van der Waals surface area contributed by atoms with Crippen LogP contribution >= 0.6 is 0 Å². The van der Waals surface area contributed by atoms with Crippen molar-refractivity contribution >= 4 is 10.0 Å². The molecule has 2 atom stereocenters. The molecule has 0 saturated heterocycles. The maximum atomic E-state index is 12.5. The first-order chi connectivity index (χ1) is 10.5. The third-order valence-electron chi connectivity index (χ3n) is 3.51. The molecule has 0 bridgehead atoms. The standard InChI is InChI=1S/C18H19NO2S/c1-3-10-18(15(2)16-11-6-4-7-12-16)19-22(20,21)17-13-8-5-9-14-17/h4-15,18-19H,1H2,2H3. The molecule has 0 saturated carbocycles. The molecule has 4 heteroatoms. The van der Waals surface area contributed by atoms with Gasteiger partial charge in [0.25, 0.3) is 0 Å². The molecule has 0 heterocycles. The Morgan fingerprint density at radius 2 is 1.59 bits per heavy atom. The molecule has 3 nitrogen and oxygen atoms in total. The lowest BCUT2D eigenvalue weighted by atomic mass is 9.94. The van der Waals surface area contributed by atoms with E-state index in [9.17, 15) is 8.42 Å². The smallest absolute Gasteiger partial charge is 0.207 e. The van der Waals surface area contributed by atoms with Crippen molar-refractivity contribution in [1.29, 1.82) is 0 Å². The molecule has 2 rings (SSSR count). The molecule has 2 aromatic rings. The second-order valence-electron chi connectivity index (χ2n) is 5.03. The molecule has 0 aliphatic carbocycles. The van der Waals surface area contributed by atoms with Gasteiger partial charge in [0.05, 0.1) is 10.9 Å². The first kappa shape index (κ1) is 16.2. The van der Waals surface area contributed by atoms with Crippen molar-refractivity contribution in [3.8, 4) is 0 Å². The maximum absolute atomic E-state index is 12.5. The van der Waals surface area contributed by atoms with Crippen LogP contribution in [0.15, 0.2) is 83.9 Å². The summed E-state index contributed by atoms with van der Waals surface area (Å²) in [7, 11) is -3.58. The molecule has 22 heavy (non-hydrogen) atoms. The van der Waals surface area contributed by atoms with Gasteiger partial charge in [-0.15, -0.1) is 5.73 Å². The van der Waals surface area contributed by atoms with Gasteiger partial charge in [0.2, 0.25) is 10.0 Å². The third-order valence-corrected chi connectivity index (χ3v) is 4.98. The fourth-order valence-corrected chi connectivity index (χ4v) is 3.50. The predicted octanol–water partition coefficient (Wildman–Crippen LogP) is 3.48. The van der Waals surface area contributed by atoms with Gasteiger partial charge in [-0.05, 0) is 23.8 Å². The highest BCUT2D eigenvalue weighted by Gasteiger charge is 2.23. The van der Waals surface area contributed by atoms with Crippen LogP contribution in [-0.2, 0) is 10.0 Å². The largest absolute Gasteiger partial charge is 0.241 e. The summed E-state index contributed by atoms with van der Waals surface area (Å²) in [4.78, 5) is 0.248. The number of hydrogen-bond acceptors (Lipinski definition) is 2. The van der Waals surface area contributed by atoms with E-state index in [0.29, 0.717) is 0 Å². The number of rotatable bonds is 6. The second-order valence-corrected chi connectivity index (χ2v) is 6.74. The van der Waals surface area contributed by atoms with Gasteiger partial charge in [0, 0.05) is 5.92 Å². The second kappa shape index (κ2) is 7.23. The first-order valence-corrected chi connectivity index (χ1v) is 8.51. The van der Waals surface area contributed by atoms with Crippen LogP contribution in [0.25, 0.3) is 0 Å². The van der Waals surface area contributed by atoms with Crippen LogP contribution in [0.1, 0.15) is 18.4 Å². The lowest BCUT2D eigenvalue weighted by Crippen LogP contribution is -2.37. The molecule has 0 aliphatic heterocycles. The first-order valence-electron chi connectivity index (χ1n) is 7.03. The minimum Gasteiger partial charge on any atom is -0.207 e.